The van der Waals surface area contributed by atoms with E-state index in [1.165, 1.54) is 46.1 Å². The second-order valence-corrected chi connectivity index (χ2v) is 10.8. The van der Waals surface area contributed by atoms with Crippen molar-refractivity contribution in [1.82, 2.24) is 64.6 Å². The van der Waals surface area contributed by atoms with E-state index in [9.17, 15) is 29.3 Å². The number of aldehydes is 1. The molecule has 9 aromatic rings. The number of thiol groups is 1. The molecule has 0 aliphatic carbocycles. The molecule has 309 valence electrons. The molecule has 0 atom stereocenters. The minimum Gasteiger partial charge on any atom is -0.427 e. The number of hydrogen-bond acceptors (Lipinski definition) is 20. The van der Waals surface area contributed by atoms with Gasteiger partial charge in [0.25, 0.3) is 5.69 Å². The van der Waals surface area contributed by atoms with Gasteiger partial charge in [-0.15, -0.1) is 15.3 Å². The molecular weight excluding hydrogens is 863 g/mol. The van der Waals surface area contributed by atoms with Gasteiger partial charge in [0, 0.05) is 61.0 Å². The Morgan fingerprint density at radius 3 is 1.48 bits per heavy atom. The maximum absolute atomic E-state index is 11.8. The smallest absolute Gasteiger partial charge is 0.427 e. The molecule has 0 N–H and O–H groups in total. The zero-order valence-electron chi connectivity index (χ0n) is 33.3. The predicted octanol–water partition coefficient (Wildman–Crippen LogP) is 2.36. The van der Waals surface area contributed by atoms with Crippen LogP contribution in [-0.4, -0.2) is 95.5 Å². The summed E-state index contributed by atoms with van der Waals surface area (Å²) < 4.78 is 38.9. The SMILES string of the molecule is O=C(On1nnc2ccccc21)On1nnc2ccccc21.O=C(n1ccnc1)n1ccnc1.[3H]C(=O)On1nnc2ccccc21.[3H]C(=O)c1ccc([N+](=O)[O-])cc1.[3H][S-](=O)=O.[V]. The number of fused-ring (bicyclic) bond motifs is 3. The number of para-hydroxylation sites is 3. The Labute approximate surface area is 358 Å². The number of non-ortho nitro benzene ring substituents is 1. The first-order valence-electron chi connectivity index (χ1n) is 17.6. The van der Waals surface area contributed by atoms with E-state index in [4.69, 9.17) is 22.0 Å². The molecule has 25 nitrogen and oxygen atoms in total. The maximum Gasteiger partial charge on any atom is 0.562 e. The van der Waals surface area contributed by atoms with Crippen molar-refractivity contribution in [1.29, 1.82) is 1.12 Å². The van der Waals surface area contributed by atoms with Crippen molar-refractivity contribution in [2.75, 3.05) is 0 Å². The molecule has 0 saturated heterocycles. The Morgan fingerprint density at radius 2 is 1.10 bits per heavy atom. The maximum atomic E-state index is 11.8. The van der Waals surface area contributed by atoms with E-state index in [1.54, 1.807) is 97.6 Å². The van der Waals surface area contributed by atoms with Crippen LogP contribution in [0.15, 0.2) is 135 Å². The molecule has 0 saturated carbocycles. The van der Waals surface area contributed by atoms with Crippen molar-refractivity contribution in [3.63, 3.8) is 0 Å². The number of nitrogens with zero attached hydrogens (tertiary/aromatic N) is 14. The molecule has 0 bridgehead atoms. The topological polar surface area (TPSA) is 301 Å². The molecular formula is C34H25N14O11SV-. The Hall–Kier alpha value is -8.49. The summed E-state index contributed by atoms with van der Waals surface area (Å²) in [4.78, 5) is 78.4. The number of carbonyl (C=O) groups is 4. The van der Waals surface area contributed by atoms with Crippen LogP contribution in [0, 0.1) is 10.1 Å². The van der Waals surface area contributed by atoms with Crippen LogP contribution in [0.3, 0.4) is 0 Å². The van der Waals surface area contributed by atoms with Gasteiger partial charge in [-0.05, 0) is 64.2 Å². The predicted molar refractivity (Wildman–Crippen MR) is 203 cm³/mol. The van der Waals surface area contributed by atoms with Crippen molar-refractivity contribution in [3.05, 3.63) is 150 Å². The number of hydrogen-bond donors (Lipinski definition) is 0. The molecule has 27 heteroatoms. The summed E-state index contributed by atoms with van der Waals surface area (Å²) in [5.41, 5.74) is 3.53. The second-order valence-electron chi connectivity index (χ2n) is 10.7. The summed E-state index contributed by atoms with van der Waals surface area (Å²) >= 11 is -2.61. The molecule has 0 aliphatic heterocycles. The Morgan fingerprint density at radius 1 is 0.689 bits per heavy atom. The normalized spacial score (nSPS) is 10.5. The molecule has 0 unspecified atom stereocenters. The first kappa shape index (κ1) is 40.7. The van der Waals surface area contributed by atoms with Gasteiger partial charge in [0.1, 0.15) is 53.4 Å². The Bertz CT molecular complexity index is 2900. The third-order valence-electron chi connectivity index (χ3n) is 7.06. The molecule has 5 aromatic heterocycles. The van der Waals surface area contributed by atoms with Gasteiger partial charge in [0.15, 0.2) is 1.37 Å². The molecule has 61 heavy (non-hydrogen) atoms. The van der Waals surface area contributed by atoms with Gasteiger partial charge in [-0.2, -0.15) is 4.79 Å². The first-order valence-corrected chi connectivity index (χ1v) is 16.8. The average molecular weight is 895 g/mol. The van der Waals surface area contributed by atoms with Gasteiger partial charge in [-0.1, -0.05) is 63.5 Å². The van der Waals surface area contributed by atoms with E-state index < -0.39 is 35.3 Å². The van der Waals surface area contributed by atoms with Crippen molar-refractivity contribution in [2.24, 2.45) is 0 Å². The minimum absolute atomic E-state index is 0. The second kappa shape index (κ2) is 23.1. The molecule has 1 radical (unpaired) electrons. The van der Waals surface area contributed by atoms with Crippen LogP contribution in [-0.2, 0) is 43.2 Å². The monoisotopic (exact) mass is 894 g/mol. The van der Waals surface area contributed by atoms with Gasteiger partial charge in [-0.25, -0.2) is 14.8 Å². The number of nitro groups is 1. The van der Waals surface area contributed by atoms with Crippen LogP contribution in [0.5, 0.6) is 0 Å². The zero-order chi connectivity index (χ0) is 45.3. The third-order valence-corrected chi connectivity index (χ3v) is 7.06. The summed E-state index contributed by atoms with van der Waals surface area (Å²) in [6.45, 7) is 0. The quantitative estimate of drug-likeness (QED) is 0.0598. The summed E-state index contributed by atoms with van der Waals surface area (Å²) in [6, 6.07) is 25.8. The fourth-order valence-electron chi connectivity index (χ4n) is 4.47. The van der Waals surface area contributed by atoms with Crippen molar-refractivity contribution >= 4 is 75.2 Å². The van der Waals surface area contributed by atoms with E-state index in [1.807, 2.05) is 0 Å². The number of benzene rings is 4. The van der Waals surface area contributed by atoms with Crippen LogP contribution in [0.25, 0.3) is 33.1 Å². The summed E-state index contributed by atoms with van der Waals surface area (Å²) in [5.74, 6) is 0. The zero-order valence-corrected chi connectivity index (χ0v) is 32.5. The minimum atomic E-state index is -2.61. The van der Waals surface area contributed by atoms with E-state index in [-0.39, 0.29) is 35.8 Å². The van der Waals surface area contributed by atoms with Crippen molar-refractivity contribution in [2.45, 2.75) is 0 Å². The molecule has 0 aliphatic rings. The van der Waals surface area contributed by atoms with Crippen molar-refractivity contribution in [3.8, 4) is 0 Å². The van der Waals surface area contributed by atoms with Gasteiger partial charge in [0.05, 0.1) is 4.92 Å². The van der Waals surface area contributed by atoms with Gasteiger partial charge in [0.2, 0.25) is 0 Å². The number of aromatic nitrogens is 13. The van der Waals surface area contributed by atoms with Crippen LogP contribution < -0.4 is 14.5 Å². The first-order chi connectivity index (χ1) is 30.3. The van der Waals surface area contributed by atoms with E-state index in [0.717, 1.165) is 14.5 Å². The fraction of sp³-hybridized carbons (Fsp3) is 0. The van der Waals surface area contributed by atoms with Gasteiger partial charge in [-0.3, -0.25) is 38.5 Å². The average Bonchev–Trinajstić information content (AvgIpc) is 4.14. The van der Waals surface area contributed by atoms with Crippen LogP contribution in [0.2, 0.25) is 0 Å². The van der Waals surface area contributed by atoms with Gasteiger partial charge >= 0.3 is 18.6 Å². The number of carbonyl (C=O) groups excluding carboxylic acids is 4. The van der Waals surface area contributed by atoms with E-state index >= 15 is 0 Å². The number of imidazole rings is 2. The van der Waals surface area contributed by atoms with Crippen LogP contribution in [0.4, 0.5) is 15.3 Å². The molecule has 9 rings (SSSR count). The summed E-state index contributed by atoms with van der Waals surface area (Å²) in [7, 11) is 0. The van der Waals surface area contributed by atoms with Crippen molar-refractivity contribution < 1.29 is 68.3 Å². The Balaban J connectivity index is 0.000000188. The molecule has 4 aromatic carbocycles. The standard InChI is InChI=1S/C13H8N6O3.C7H6N4O.C7H5N3O2.C7H5NO3.HO2S.V/c20-13(21-18-11-7-3-1-5-9(11)14-16-18)22-19-12-8-4-2-6-10(12)15-17-19;12-7(10-3-1-8-5-10)11-4-2-9-6-11;11-5-12-10-7-4-2-1-3-6(7)8-9-10;9-5-6-1-3-7(4-2-6)8(10)11;1-3-2;/h1-8H;1-6H;1-5H;1-5H;3H;/q;;;;-1;/i;;2*5T;3T;. The number of nitro benzene ring substituents is 1. The van der Waals surface area contributed by atoms with Crippen LogP contribution in [0.1, 0.15) is 13.1 Å². The largest absolute Gasteiger partial charge is 0.562 e. The Kier molecular flexibility index (Phi) is 15.4. The van der Waals surface area contributed by atoms with E-state index in [0.29, 0.717) is 33.1 Å². The van der Waals surface area contributed by atoms with E-state index in [2.05, 4.69) is 45.7 Å². The number of rotatable bonds is 5. The molecule has 0 fully saturated rings. The molecule has 5 heterocycles. The van der Waals surface area contributed by atoms with Crippen LogP contribution >= 0.6 is 0 Å². The summed E-state index contributed by atoms with van der Waals surface area (Å²) in [5, 5.41) is 32.6. The molecule has 0 amide bonds. The summed E-state index contributed by atoms with van der Waals surface area (Å²) in [6.07, 6.45) is 6.14. The fourth-order valence-corrected chi connectivity index (χ4v) is 4.47. The van der Waals surface area contributed by atoms with Gasteiger partial charge < -0.3 is 13.3 Å². The molecule has 0 spiro atoms. The third kappa shape index (κ3) is 12.5.